The van der Waals surface area contributed by atoms with Gasteiger partial charge in [0.15, 0.2) is 11.1 Å². The Balaban J connectivity index is 1.35. The third-order valence-corrected chi connectivity index (χ3v) is 17.6. The van der Waals surface area contributed by atoms with Crippen molar-refractivity contribution in [1.29, 1.82) is 0 Å². The third kappa shape index (κ3) is 9.05. The van der Waals surface area contributed by atoms with Crippen LogP contribution in [-0.4, -0.2) is 59.4 Å². The lowest BCUT2D eigenvalue weighted by atomic mass is 10.1. The third-order valence-electron chi connectivity index (χ3n) is 10.7. The highest BCUT2D eigenvalue weighted by molar-refractivity contribution is 6.99. The second-order valence-corrected chi connectivity index (χ2v) is 27.6. The lowest BCUT2D eigenvalue weighted by Crippen LogP contribution is -2.67. The largest absolute Gasteiger partial charge is 0.487 e. The van der Waals surface area contributed by atoms with Gasteiger partial charge in [-0.05, 0) is 72.8 Å². The highest BCUT2D eigenvalue weighted by Crippen LogP contribution is 2.38. The quantitative estimate of drug-likeness (QED) is 0.0517. The Morgan fingerprint density at radius 1 is 0.862 bits per heavy atom. The summed E-state index contributed by atoms with van der Waals surface area (Å²) in [5.74, 6) is 0.827. The van der Waals surface area contributed by atoms with E-state index in [0.29, 0.717) is 40.4 Å². The molecule has 0 unspecified atom stereocenters. The molecule has 6 aromatic rings. The van der Waals surface area contributed by atoms with Gasteiger partial charge in [-0.3, -0.25) is 9.36 Å². The van der Waals surface area contributed by atoms with Crippen LogP contribution in [0.5, 0.6) is 5.75 Å². The molecule has 0 aliphatic heterocycles. The second-order valence-electron chi connectivity index (χ2n) is 17.8. The van der Waals surface area contributed by atoms with E-state index in [0.717, 1.165) is 24.5 Å². The molecule has 0 saturated carbocycles. The minimum absolute atomic E-state index is 0.0350. The number of nitrogens with zero attached hydrogens (tertiary/aromatic N) is 5. The topological polar surface area (TPSA) is 102 Å². The van der Waals surface area contributed by atoms with Crippen molar-refractivity contribution < 1.29 is 13.9 Å². The summed E-state index contributed by atoms with van der Waals surface area (Å²) in [6.45, 7) is 24.8. The Hall–Kier alpha value is -4.89. The van der Waals surface area contributed by atoms with Gasteiger partial charge in [0.1, 0.15) is 36.1 Å². The van der Waals surface area contributed by atoms with Crippen LogP contribution in [0.1, 0.15) is 60.4 Å². The molecule has 0 saturated heterocycles. The van der Waals surface area contributed by atoms with Gasteiger partial charge in [-0.15, -0.1) is 0 Å². The first-order valence-electron chi connectivity index (χ1n) is 20.3. The summed E-state index contributed by atoms with van der Waals surface area (Å²) in [5, 5.41) is 2.82. The van der Waals surface area contributed by atoms with Crippen LogP contribution < -0.4 is 26.2 Å². The standard InChI is InChI=1S/C46H59N5O5Si2/c1-33(2)31-55-40-25-27-47-44-42(40)51(45(53)50(44)32-54-29-30-57(8,9)10)41-24-23-38-39(52)26-28-49(43(38)48-41)34(3)21-22-35(4)56-58(46(5,6)7,36-17-13-11-14-18-36)37-19-15-12-16-20-37/h11-20,23-28,34-35H,1,21-22,29-32H2,2-10H3/t34-,35-/m0/s1. The molecule has 4 aromatic heterocycles. The normalized spacial score (nSPS) is 13.5. The first-order chi connectivity index (χ1) is 27.5. The molecule has 0 fully saturated rings. The molecule has 12 heteroatoms. The minimum Gasteiger partial charge on any atom is -0.487 e. The number of pyridine rings is 3. The fourth-order valence-electron chi connectivity index (χ4n) is 7.60. The zero-order valence-corrected chi connectivity index (χ0v) is 37.6. The predicted molar refractivity (Wildman–Crippen MR) is 241 cm³/mol. The first kappa shape index (κ1) is 42.7. The summed E-state index contributed by atoms with van der Waals surface area (Å²) >= 11 is 0. The van der Waals surface area contributed by atoms with Gasteiger partial charge in [0, 0.05) is 51.4 Å². The van der Waals surface area contributed by atoms with E-state index in [4.69, 9.17) is 18.9 Å². The number of ether oxygens (including phenoxy) is 2. The SMILES string of the molecule is C=C(C)COc1ccnc2c1n(-c1ccc3c(=O)ccn([C@@H](C)CC[C@H](C)O[Si](c4ccccc4)(c4ccccc4)C(C)(C)C)c3n1)c(=O)n2COCC[Si](C)(C)C. The highest BCUT2D eigenvalue weighted by atomic mass is 28.4. The van der Waals surface area contributed by atoms with E-state index in [9.17, 15) is 9.59 Å². The zero-order valence-electron chi connectivity index (χ0n) is 35.6. The van der Waals surface area contributed by atoms with Gasteiger partial charge in [-0.1, -0.05) is 108 Å². The van der Waals surface area contributed by atoms with Crippen molar-refractivity contribution >= 4 is 49.0 Å². The minimum atomic E-state index is -2.74. The molecule has 0 amide bonds. The van der Waals surface area contributed by atoms with Crippen molar-refractivity contribution in [3.63, 3.8) is 0 Å². The van der Waals surface area contributed by atoms with E-state index in [2.05, 4.69) is 126 Å². The lowest BCUT2D eigenvalue weighted by Gasteiger charge is -2.44. The smallest absolute Gasteiger partial charge is 0.338 e. The number of hydrogen-bond acceptors (Lipinski definition) is 7. The van der Waals surface area contributed by atoms with Crippen LogP contribution in [0.2, 0.25) is 30.7 Å². The van der Waals surface area contributed by atoms with Crippen LogP contribution in [0, 0.1) is 0 Å². The summed E-state index contributed by atoms with van der Waals surface area (Å²) < 4.78 is 24.7. The molecule has 4 heterocycles. The van der Waals surface area contributed by atoms with Crippen LogP contribution in [0.3, 0.4) is 0 Å². The molecule has 0 spiro atoms. The number of rotatable bonds is 17. The van der Waals surface area contributed by atoms with Crippen molar-refractivity contribution in [3.8, 4) is 11.6 Å². The molecule has 6 rings (SSSR count). The Bertz CT molecular complexity index is 2440. The summed E-state index contributed by atoms with van der Waals surface area (Å²) in [6.07, 6.45) is 4.91. The van der Waals surface area contributed by atoms with E-state index in [1.165, 1.54) is 19.5 Å². The van der Waals surface area contributed by atoms with Crippen molar-refractivity contribution in [2.45, 2.75) is 104 Å². The van der Waals surface area contributed by atoms with Crippen LogP contribution in [-0.2, 0) is 15.9 Å². The average Bonchev–Trinajstić information content (AvgIpc) is 3.47. The van der Waals surface area contributed by atoms with Crippen LogP contribution in [0.4, 0.5) is 0 Å². The van der Waals surface area contributed by atoms with Gasteiger partial charge in [-0.2, -0.15) is 0 Å². The molecule has 10 nitrogen and oxygen atoms in total. The molecule has 2 atom stereocenters. The van der Waals surface area contributed by atoms with E-state index >= 15 is 0 Å². The summed E-state index contributed by atoms with van der Waals surface area (Å²) in [4.78, 5) is 37.4. The maximum atomic E-state index is 14.4. The van der Waals surface area contributed by atoms with E-state index in [1.807, 2.05) is 11.5 Å². The van der Waals surface area contributed by atoms with E-state index in [1.54, 1.807) is 36.7 Å². The Kier molecular flexibility index (Phi) is 12.9. The van der Waals surface area contributed by atoms with E-state index in [-0.39, 0.29) is 41.6 Å². The fraction of sp³-hybridized carbons (Fsp3) is 0.391. The van der Waals surface area contributed by atoms with Crippen molar-refractivity contribution in [2.24, 2.45) is 0 Å². The molecule has 0 radical (unpaired) electrons. The molecule has 0 aliphatic carbocycles. The summed E-state index contributed by atoms with van der Waals surface area (Å²) in [5.41, 5.74) is 1.72. The molecule has 58 heavy (non-hydrogen) atoms. The number of fused-ring (bicyclic) bond motifs is 2. The van der Waals surface area contributed by atoms with Gasteiger partial charge >= 0.3 is 5.69 Å². The monoisotopic (exact) mass is 817 g/mol. The number of aromatic nitrogens is 5. The Labute approximate surface area is 344 Å². The second kappa shape index (κ2) is 17.5. The summed E-state index contributed by atoms with van der Waals surface area (Å²) in [7, 11) is -4.09. The van der Waals surface area contributed by atoms with Crippen LogP contribution in [0.25, 0.3) is 28.0 Å². The maximum Gasteiger partial charge on any atom is 0.338 e. The average molecular weight is 818 g/mol. The lowest BCUT2D eigenvalue weighted by molar-refractivity contribution is 0.0871. The summed E-state index contributed by atoms with van der Waals surface area (Å²) in [6, 6.07) is 29.1. The van der Waals surface area contributed by atoms with E-state index < -0.39 is 16.4 Å². The highest BCUT2D eigenvalue weighted by Gasteiger charge is 2.51. The number of benzene rings is 2. The maximum absolute atomic E-state index is 14.4. The van der Waals surface area contributed by atoms with Crippen molar-refractivity contribution in [2.75, 3.05) is 13.2 Å². The van der Waals surface area contributed by atoms with Gasteiger partial charge < -0.3 is 18.5 Å². The van der Waals surface area contributed by atoms with Crippen LogP contribution >= 0.6 is 0 Å². The molecule has 0 aliphatic rings. The van der Waals surface area contributed by atoms with Crippen molar-refractivity contribution in [3.05, 3.63) is 130 Å². The van der Waals surface area contributed by atoms with Gasteiger partial charge in [0.2, 0.25) is 0 Å². The van der Waals surface area contributed by atoms with Gasteiger partial charge in [0.05, 0.1) is 5.39 Å². The van der Waals surface area contributed by atoms with Crippen molar-refractivity contribution in [1.82, 2.24) is 23.7 Å². The Morgan fingerprint density at radius 2 is 1.52 bits per heavy atom. The predicted octanol–water partition coefficient (Wildman–Crippen LogP) is 8.47. The van der Waals surface area contributed by atoms with Gasteiger partial charge in [-0.25, -0.2) is 19.3 Å². The molecule has 306 valence electrons. The number of hydrogen-bond donors (Lipinski definition) is 0. The fourth-order valence-corrected chi connectivity index (χ4v) is 13.1. The molecular formula is C46H59N5O5Si2. The van der Waals surface area contributed by atoms with Crippen LogP contribution in [0.15, 0.2) is 119 Å². The molecule has 0 N–H and O–H groups in total. The first-order valence-corrected chi connectivity index (χ1v) is 25.9. The zero-order chi connectivity index (χ0) is 41.8. The molecular weight excluding hydrogens is 759 g/mol. The molecule has 0 bridgehead atoms. The van der Waals surface area contributed by atoms with Gasteiger partial charge in [0.25, 0.3) is 8.32 Å². The number of imidazole rings is 1. The Morgan fingerprint density at radius 3 is 2.12 bits per heavy atom. The molecule has 2 aromatic carbocycles.